The molecule has 0 aliphatic heterocycles. The van der Waals surface area contributed by atoms with E-state index in [1.165, 1.54) is 0 Å². The summed E-state index contributed by atoms with van der Waals surface area (Å²) < 4.78 is 1.93. The van der Waals surface area contributed by atoms with Crippen molar-refractivity contribution in [3.05, 3.63) is 30.1 Å². The number of aliphatic hydroxyl groups is 1. The summed E-state index contributed by atoms with van der Waals surface area (Å²) in [4.78, 5) is 6.61. The van der Waals surface area contributed by atoms with Gasteiger partial charge in [-0.25, -0.2) is 4.98 Å². The fourth-order valence-corrected chi connectivity index (χ4v) is 1.93. The number of rotatable bonds is 4. The lowest BCUT2D eigenvalue weighted by Crippen LogP contribution is -2.19. The van der Waals surface area contributed by atoms with E-state index in [1.807, 2.05) is 35.8 Å². The van der Waals surface area contributed by atoms with E-state index in [9.17, 15) is 5.11 Å². The molecule has 2 rings (SSSR count). The number of anilines is 1. The van der Waals surface area contributed by atoms with E-state index in [0.717, 1.165) is 30.1 Å². The SMILES string of the molecule is CCCN(C)c1nc2ccccn2c1CO. The lowest BCUT2D eigenvalue weighted by molar-refractivity contribution is 0.276. The second-order valence-corrected chi connectivity index (χ2v) is 3.89. The standard InChI is InChI=1S/C12H17N3O/c1-3-7-14(2)12-10(9-16)15-8-5-4-6-11(15)13-12/h4-6,8,16H,3,7,9H2,1-2H3. The summed E-state index contributed by atoms with van der Waals surface area (Å²) in [6, 6.07) is 5.84. The molecule has 0 fully saturated rings. The minimum Gasteiger partial charge on any atom is -0.390 e. The maximum atomic E-state index is 9.43. The highest BCUT2D eigenvalue weighted by molar-refractivity contribution is 5.55. The summed E-state index contributed by atoms with van der Waals surface area (Å²) >= 11 is 0. The molecule has 0 aliphatic rings. The minimum absolute atomic E-state index is 0.00850. The molecule has 4 heteroatoms. The average molecular weight is 219 g/mol. The number of nitrogens with zero attached hydrogens (tertiary/aromatic N) is 3. The van der Waals surface area contributed by atoms with Crippen molar-refractivity contribution in [2.45, 2.75) is 20.0 Å². The Labute approximate surface area is 95.1 Å². The van der Waals surface area contributed by atoms with Crippen molar-refractivity contribution in [3.8, 4) is 0 Å². The molecule has 2 heterocycles. The maximum absolute atomic E-state index is 9.43. The van der Waals surface area contributed by atoms with Crippen LogP contribution >= 0.6 is 0 Å². The van der Waals surface area contributed by atoms with Gasteiger partial charge in [0.2, 0.25) is 0 Å². The van der Waals surface area contributed by atoms with Gasteiger partial charge in [0.15, 0.2) is 5.82 Å². The Hall–Kier alpha value is -1.55. The second kappa shape index (κ2) is 4.53. The number of pyridine rings is 1. The molecule has 0 aliphatic carbocycles. The first-order valence-electron chi connectivity index (χ1n) is 5.56. The van der Waals surface area contributed by atoms with Gasteiger partial charge in [-0.2, -0.15) is 0 Å². The molecule has 0 spiro atoms. The van der Waals surface area contributed by atoms with Crippen LogP contribution in [0.2, 0.25) is 0 Å². The van der Waals surface area contributed by atoms with Crippen molar-refractivity contribution < 1.29 is 5.11 Å². The maximum Gasteiger partial charge on any atom is 0.153 e. The van der Waals surface area contributed by atoms with Gasteiger partial charge in [-0.1, -0.05) is 13.0 Å². The molecular weight excluding hydrogens is 202 g/mol. The Morgan fingerprint density at radius 3 is 2.94 bits per heavy atom. The van der Waals surface area contributed by atoms with Crippen LogP contribution in [0.4, 0.5) is 5.82 Å². The quantitative estimate of drug-likeness (QED) is 0.850. The highest BCUT2D eigenvalue weighted by Crippen LogP contribution is 2.20. The van der Waals surface area contributed by atoms with E-state index in [-0.39, 0.29) is 6.61 Å². The Bertz CT molecular complexity index is 478. The van der Waals surface area contributed by atoms with Crippen molar-refractivity contribution in [3.63, 3.8) is 0 Å². The van der Waals surface area contributed by atoms with Crippen molar-refractivity contribution >= 4 is 11.5 Å². The summed E-state index contributed by atoms with van der Waals surface area (Å²) in [6.07, 6.45) is 2.99. The summed E-state index contributed by atoms with van der Waals surface area (Å²) in [5.41, 5.74) is 1.73. The first kappa shape index (κ1) is 11.0. The summed E-state index contributed by atoms with van der Waals surface area (Å²) in [6.45, 7) is 3.08. The van der Waals surface area contributed by atoms with Gasteiger partial charge >= 0.3 is 0 Å². The molecule has 4 nitrogen and oxygen atoms in total. The van der Waals surface area contributed by atoms with Crippen molar-refractivity contribution in [2.75, 3.05) is 18.5 Å². The van der Waals surface area contributed by atoms with Gasteiger partial charge in [-0.15, -0.1) is 0 Å². The minimum atomic E-state index is 0.00850. The zero-order chi connectivity index (χ0) is 11.5. The molecule has 0 atom stereocenters. The van der Waals surface area contributed by atoms with Gasteiger partial charge in [0.1, 0.15) is 5.65 Å². The number of hydrogen-bond acceptors (Lipinski definition) is 3. The van der Waals surface area contributed by atoms with Crippen LogP contribution in [0.25, 0.3) is 5.65 Å². The summed E-state index contributed by atoms with van der Waals surface area (Å²) in [5.74, 6) is 0.871. The molecule has 0 unspecified atom stereocenters. The predicted octanol–water partition coefficient (Wildman–Crippen LogP) is 1.67. The largest absolute Gasteiger partial charge is 0.390 e. The lowest BCUT2D eigenvalue weighted by Gasteiger charge is -2.16. The van der Waals surface area contributed by atoms with Crippen LogP contribution in [0.15, 0.2) is 24.4 Å². The van der Waals surface area contributed by atoms with Crippen molar-refractivity contribution in [1.82, 2.24) is 9.38 Å². The Morgan fingerprint density at radius 1 is 1.44 bits per heavy atom. The monoisotopic (exact) mass is 219 g/mol. The van der Waals surface area contributed by atoms with E-state index >= 15 is 0 Å². The number of imidazole rings is 1. The number of fused-ring (bicyclic) bond motifs is 1. The zero-order valence-corrected chi connectivity index (χ0v) is 9.72. The third-order valence-electron chi connectivity index (χ3n) is 2.68. The third-order valence-corrected chi connectivity index (χ3v) is 2.68. The van der Waals surface area contributed by atoms with Gasteiger partial charge < -0.3 is 10.0 Å². The second-order valence-electron chi connectivity index (χ2n) is 3.89. The smallest absolute Gasteiger partial charge is 0.153 e. The molecule has 0 saturated carbocycles. The molecule has 0 bridgehead atoms. The molecule has 1 N–H and O–H groups in total. The fraction of sp³-hybridized carbons (Fsp3) is 0.417. The van der Waals surface area contributed by atoms with Gasteiger partial charge in [-0.05, 0) is 18.6 Å². The van der Waals surface area contributed by atoms with Gasteiger partial charge in [-0.3, -0.25) is 4.40 Å². The van der Waals surface area contributed by atoms with Gasteiger partial charge in [0.25, 0.3) is 0 Å². The molecular formula is C12H17N3O. The fourth-order valence-electron chi connectivity index (χ4n) is 1.93. The topological polar surface area (TPSA) is 40.8 Å². The van der Waals surface area contributed by atoms with Crippen LogP contribution in [0.5, 0.6) is 0 Å². The van der Waals surface area contributed by atoms with Crippen molar-refractivity contribution in [1.29, 1.82) is 0 Å². The van der Waals surface area contributed by atoms with E-state index in [0.29, 0.717) is 0 Å². The highest BCUT2D eigenvalue weighted by Gasteiger charge is 2.13. The van der Waals surface area contributed by atoms with Crippen LogP contribution in [-0.4, -0.2) is 28.1 Å². The lowest BCUT2D eigenvalue weighted by atomic mass is 10.3. The van der Waals surface area contributed by atoms with Crippen LogP contribution in [-0.2, 0) is 6.61 Å². The summed E-state index contributed by atoms with van der Waals surface area (Å²) in [5, 5.41) is 9.43. The highest BCUT2D eigenvalue weighted by atomic mass is 16.3. The Morgan fingerprint density at radius 2 is 2.25 bits per heavy atom. The number of hydrogen-bond donors (Lipinski definition) is 1. The van der Waals surface area contributed by atoms with Crippen LogP contribution in [0.1, 0.15) is 19.0 Å². The summed E-state index contributed by atoms with van der Waals surface area (Å²) in [7, 11) is 2.00. The normalized spacial score (nSPS) is 10.9. The van der Waals surface area contributed by atoms with Crippen LogP contribution in [0, 0.1) is 0 Å². The van der Waals surface area contributed by atoms with Crippen LogP contribution < -0.4 is 4.90 Å². The molecule has 2 aromatic rings. The Kier molecular flexibility index (Phi) is 3.10. The molecule has 2 aromatic heterocycles. The van der Waals surface area contributed by atoms with E-state index in [2.05, 4.69) is 16.8 Å². The Balaban J connectivity index is 2.51. The van der Waals surface area contributed by atoms with E-state index < -0.39 is 0 Å². The third kappa shape index (κ3) is 1.76. The predicted molar refractivity (Wildman–Crippen MR) is 64.7 cm³/mol. The first-order valence-corrected chi connectivity index (χ1v) is 5.56. The molecule has 16 heavy (non-hydrogen) atoms. The van der Waals surface area contributed by atoms with Crippen LogP contribution in [0.3, 0.4) is 0 Å². The van der Waals surface area contributed by atoms with Crippen molar-refractivity contribution in [2.24, 2.45) is 0 Å². The average Bonchev–Trinajstić information content (AvgIpc) is 2.67. The molecule has 0 saturated heterocycles. The van der Waals surface area contributed by atoms with E-state index in [4.69, 9.17) is 0 Å². The zero-order valence-electron chi connectivity index (χ0n) is 9.72. The van der Waals surface area contributed by atoms with Gasteiger partial charge in [0.05, 0.1) is 12.3 Å². The first-order chi connectivity index (χ1) is 7.77. The number of aromatic nitrogens is 2. The molecule has 0 amide bonds. The molecule has 86 valence electrons. The molecule has 0 radical (unpaired) electrons. The van der Waals surface area contributed by atoms with E-state index in [1.54, 1.807) is 0 Å². The van der Waals surface area contributed by atoms with Gasteiger partial charge in [0, 0.05) is 19.8 Å². The number of aliphatic hydroxyl groups excluding tert-OH is 1. The molecule has 0 aromatic carbocycles.